The molecule has 0 saturated heterocycles. The van der Waals surface area contributed by atoms with Crippen molar-refractivity contribution in [2.75, 3.05) is 41.0 Å². The summed E-state index contributed by atoms with van der Waals surface area (Å²) in [5.41, 5.74) is 0. The van der Waals surface area contributed by atoms with Crippen molar-refractivity contribution >= 4 is 11.9 Å². The number of carbonyl (C=O) groups is 2. The molecule has 0 fully saturated rings. The van der Waals surface area contributed by atoms with Crippen molar-refractivity contribution < 1.29 is 33.8 Å². The zero-order valence-corrected chi connectivity index (χ0v) is 27.1. The van der Waals surface area contributed by atoms with Gasteiger partial charge in [0.25, 0.3) is 0 Å². The number of hydrogen-bond acceptors (Lipinski definition) is 6. The number of quaternary nitrogens is 1. The smallest absolute Gasteiger partial charge is 0.305 e. The summed E-state index contributed by atoms with van der Waals surface area (Å²) in [6, 6.07) is -0.699. The van der Waals surface area contributed by atoms with Gasteiger partial charge in [-0.1, -0.05) is 92.0 Å². The van der Waals surface area contributed by atoms with Crippen LogP contribution in [0.5, 0.6) is 0 Å². The Kier molecular flexibility index (Phi) is 25.9. The first-order valence-corrected chi connectivity index (χ1v) is 15.7. The van der Waals surface area contributed by atoms with E-state index < -0.39 is 18.1 Å². The fourth-order valence-corrected chi connectivity index (χ4v) is 3.82. The van der Waals surface area contributed by atoms with Gasteiger partial charge < -0.3 is 29.0 Å². The maximum atomic E-state index is 11.9. The van der Waals surface area contributed by atoms with E-state index in [1.807, 2.05) is 0 Å². The van der Waals surface area contributed by atoms with Gasteiger partial charge in [0.2, 0.25) is 0 Å². The molecular weight excluding hydrogens is 542 g/mol. The number of aliphatic hydroxyl groups excluding tert-OH is 1. The highest BCUT2D eigenvalue weighted by Crippen LogP contribution is 2.07. The number of carboxylic acid groups (broad SMARTS) is 1. The fraction of sp³-hybridized carbons (Fsp3) is 0.556. The number of likely N-dealkylation sites (N-methyl/N-ethyl adjacent to an activating group) is 1. The molecular formula is C36H57NO6. The molecule has 2 unspecified atom stereocenters. The van der Waals surface area contributed by atoms with E-state index >= 15 is 0 Å². The number of esters is 1. The van der Waals surface area contributed by atoms with Gasteiger partial charge in [0.05, 0.1) is 40.3 Å². The minimum atomic E-state index is -1.13. The third-order valence-electron chi connectivity index (χ3n) is 6.28. The van der Waals surface area contributed by atoms with E-state index in [1.165, 1.54) is 0 Å². The van der Waals surface area contributed by atoms with Crippen LogP contribution >= 0.6 is 0 Å². The van der Waals surface area contributed by atoms with Gasteiger partial charge in [0, 0.05) is 12.8 Å². The van der Waals surface area contributed by atoms with Crippen molar-refractivity contribution in [1.82, 2.24) is 0 Å². The summed E-state index contributed by atoms with van der Waals surface area (Å²) in [5, 5.41) is 21.2. The first kappa shape index (κ1) is 40.0. The van der Waals surface area contributed by atoms with Gasteiger partial charge in [-0.05, 0) is 57.8 Å². The van der Waals surface area contributed by atoms with E-state index in [1.54, 1.807) is 21.1 Å². The second kappa shape index (κ2) is 27.8. The highest BCUT2D eigenvalue weighted by atomic mass is 16.5. The van der Waals surface area contributed by atoms with E-state index in [9.17, 15) is 19.8 Å². The largest absolute Gasteiger partial charge is 0.544 e. The summed E-state index contributed by atoms with van der Waals surface area (Å²) in [4.78, 5) is 23.1. The SMILES string of the molecule is CC/C=C/C/C=C/C/C=C/C/C=C/C/C=C/C/C=C/C/C=C/CCCC(=O)OCC(O)COCCC(C(=O)[O-])[N+](C)(C)C. The van der Waals surface area contributed by atoms with Crippen LogP contribution in [-0.2, 0) is 19.1 Å². The Bertz CT molecular complexity index is 921. The number of unbranched alkanes of at least 4 members (excludes halogenated alkanes) is 1. The summed E-state index contributed by atoms with van der Waals surface area (Å²) in [6.07, 6.45) is 38.3. The lowest BCUT2D eigenvalue weighted by molar-refractivity contribution is -0.889. The highest BCUT2D eigenvalue weighted by molar-refractivity contribution is 5.69. The van der Waals surface area contributed by atoms with Crippen molar-refractivity contribution in [3.8, 4) is 0 Å². The number of hydrogen-bond donors (Lipinski definition) is 1. The van der Waals surface area contributed by atoms with Gasteiger partial charge in [-0.3, -0.25) is 4.79 Å². The van der Waals surface area contributed by atoms with Crippen LogP contribution in [-0.4, -0.2) is 74.6 Å². The summed E-state index contributed by atoms with van der Waals surface area (Å²) in [5.74, 6) is -1.49. The molecule has 0 rings (SSSR count). The highest BCUT2D eigenvalue weighted by Gasteiger charge is 2.24. The van der Waals surface area contributed by atoms with E-state index in [0.29, 0.717) is 6.42 Å². The minimum Gasteiger partial charge on any atom is -0.544 e. The van der Waals surface area contributed by atoms with Gasteiger partial charge in [-0.25, -0.2) is 0 Å². The monoisotopic (exact) mass is 599 g/mol. The second-order valence-electron chi connectivity index (χ2n) is 11.2. The van der Waals surface area contributed by atoms with E-state index in [0.717, 1.165) is 51.4 Å². The molecule has 0 amide bonds. The lowest BCUT2D eigenvalue weighted by Gasteiger charge is -2.34. The van der Waals surface area contributed by atoms with Crippen LogP contribution in [0.4, 0.5) is 0 Å². The lowest BCUT2D eigenvalue weighted by Crippen LogP contribution is -2.55. The summed E-state index contributed by atoms with van der Waals surface area (Å²) >= 11 is 0. The standard InChI is InChI=1S/C36H57NO6/c1-5-6-7-8-9-10-11-12-13-14-15-16-17-18-19-20-21-22-23-24-25-26-27-28-35(39)43-32-33(38)31-42-30-29-34(36(40)41)37(2,3)4/h6-7,9-10,12-13,15-16,18-19,21-22,24-25,33-34,38H,5,8,11,14,17,20,23,26-32H2,1-4H3/b7-6+,10-9+,13-12+,16-15+,19-18+,22-21+,25-24+. The number of carboxylic acids is 1. The zero-order chi connectivity index (χ0) is 32.0. The molecule has 0 aromatic heterocycles. The number of allylic oxidation sites excluding steroid dienone is 14. The zero-order valence-electron chi connectivity index (χ0n) is 27.1. The molecule has 0 aromatic rings. The third kappa shape index (κ3) is 27.6. The number of aliphatic carboxylic acids is 1. The Balaban J connectivity index is 3.74. The quantitative estimate of drug-likeness (QED) is 0.0573. The van der Waals surface area contributed by atoms with Crippen molar-refractivity contribution in [2.24, 2.45) is 0 Å². The maximum absolute atomic E-state index is 11.9. The van der Waals surface area contributed by atoms with Gasteiger partial charge in [0.15, 0.2) is 0 Å². The van der Waals surface area contributed by atoms with Crippen LogP contribution < -0.4 is 5.11 Å². The molecule has 0 bridgehead atoms. The average Bonchev–Trinajstić information content (AvgIpc) is 2.95. The Morgan fingerprint density at radius 2 is 1.16 bits per heavy atom. The Morgan fingerprint density at radius 3 is 1.58 bits per heavy atom. The number of aliphatic hydroxyl groups is 1. The van der Waals surface area contributed by atoms with E-state index in [2.05, 4.69) is 92.0 Å². The molecule has 2 atom stereocenters. The molecule has 7 heteroatoms. The molecule has 0 aliphatic rings. The normalized spacial score (nSPS) is 14.5. The maximum Gasteiger partial charge on any atom is 0.305 e. The van der Waals surface area contributed by atoms with Crippen LogP contribution in [0.15, 0.2) is 85.1 Å². The topological polar surface area (TPSA) is 95.9 Å². The Labute approximate surface area is 261 Å². The summed E-state index contributed by atoms with van der Waals surface area (Å²) in [6.45, 7) is 2.15. The van der Waals surface area contributed by atoms with Crippen molar-refractivity contribution in [2.45, 2.75) is 89.7 Å². The Morgan fingerprint density at radius 1 is 0.721 bits per heavy atom. The Hall–Kier alpha value is -3.00. The molecule has 1 N–H and O–H groups in total. The van der Waals surface area contributed by atoms with Crippen LogP contribution in [0.1, 0.15) is 77.6 Å². The first-order valence-electron chi connectivity index (χ1n) is 15.7. The van der Waals surface area contributed by atoms with E-state index in [-0.39, 0.29) is 43.1 Å². The van der Waals surface area contributed by atoms with Gasteiger partial charge in [0.1, 0.15) is 18.8 Å². The van der Waals surface area contributed by atoms with Crippen LogP contribution in [0, 0.1) is 0 Å². The molecule has 0 spiro atoms. The lowest BCUT2D eigenvalue weighted by atomic mass is 10.1. The molecule has 0 aromatic carbocycles. The summed E-state index contributed by atoms with van der Waals surface area (Å²) in [7, 11) is 5.33. The number of carbonyl (C=O) groups excluding carboxylic acids is 2. The van der Waals surface area contributed by atoms with Crippen molar-refractivity contribution in [3.05, 3.63) is 85.1 Å². The molecule has 7 nitrogen and oxygen atoms in total. The minimum absolute atomic E-state index is 0.0263. The number of ether oxygens (including phenoxy) is 2. The molecule has 0 aliphatic heterocycles. The van der Waals surface area contributed by atoms with Gasteiger partial charge in [-0.2, -0.15) is 0 Å². The summed E-state index contributed by atoms with van der Waals surface area (Å²) < 4.78 is 10.7. The van der Waals surface area contributed by atoms with Gasteiger partial charge >= 0.3 is 5.97 Å². The number of rotatable bonds is 26. The first-order chi connectivity index (χ1) is 20.7. The van der Waals surface area contributed by atoms with Crippen molar-refractivity contribution in [1.29, 1.82) is 0 Å². The van der Waals surface area contributed by atoms with E-state index in [4.69, 9.17) is 9.47 Å². The second-order valence-corrected chi connectivity index (χ2v) is 11.2. The van der Waals surface area contributed by atoms with Crippen LogP contribution in [0.25, 0.3) is 0 Å². The number of nitrogens with zero attached hydrogens (tertiary/aromatic N) is 1. The molecule has 43 heavy (non-hydrogen) atoms. The van der Waals surface area contributed by atoms with Crippen LogP contribution in [0.2, 0.25) is 0 Å². The predicted octanol–water partition coefficient (Wildman–Crippen LogP) is 5.94. The predicted molar refractivity (Wildman–Crippen MR) is 175 cm³/mol. The van der Waals surface area contributed by atoms with Gasteiger partial charge in [-0.15, -0.1) is 0 Å². The fourth-order valence-electron chi connectivity index (χ4n) is 3.82. The molecule has 0 aliphatic carbocycles. The van der Waals surface area contributed by atoms with Crippen LogP contribution in [0.3, 0.4) is 0 Å². The molecule has 242 valence electrons. The van der Waals surface area contributed by atoms with Crippen molar-refractivity contribution in [3.63, 3.8) is 0 Å². The molecule has 0 radical (unpaired) electrons. The molecule has 0 saturated carbocycles. The third-order valence-corrected chi connectivity index (χ3v) is 6.28. The average molecular weight is 600 g/mol. The molecule has 0 heterocycles.